The van der Waals surface area contributed by atoms with Crippen LogP contribution in [0.25, 0.3) is 0 Å². The van der Waals surface area contributed by atoms with Gasteiger partial charge in [-0.2, -0.15) is 0 Å². The Morgan fingerprint density at radius 1 is 1.15 bits per heavy atom. The molecule has 140 valence electrons. The number of hydrogen-bond donors (Lipinski definition) is 1. The first-order valence-corrected chi connectivity index (χ1v) is 9.64. The Morgan fingerprint density at radius 3 is 2.52 bits per heavy atom. The fourth-order valence-corrected chi connectivity index (χ4v) is 4.18. The van der Waals surface area contributed by atoms with Gasteiger partial charge in [0, 0.05) is 21.6 Å². The van der Waals surface area contributed by atoms with Gasteiger partial charge in [-0.1, -0.05) is 27.5 Å². The molecule has 0 bridgehead atoms. The minimum atomic E-state index is -0.920. The van der Waals surface area contributed by atoms with Crippen molar-refractivity contribution in [3.63, 3.8) is 0 Å². The summed E-state index contributed by atoms with van der Waals surface area (Å²) in [5, 5.41) is 12.5. The van der Waals surface area contributed by atoms with Crippen LogP contribution in [0.3, 0.4) is 0 Å². The van der Waals surface area contributed by atoms with Crippen molar-refractivity contribution in [1.82, 2.24) is 4.90 Å². The van der Waals surface area contributed by atoms with Crippen molar-refractivity contribution in [3.8, 4) is 5.75 Å². The number of benzene rings is 2. The molecule has 0 saturated carbocycles. The lowest BCUT2D eigenvalue weighted by atomic mass is 9.90. The van der Waals surface area contributed by atoms with Crippen molar-refractivity contribution in [3.05, 3.63) is 57.5 Å². The quantitative estimate of drug-likeness (QED) is 0.721. The fourth-order valence-electron chi connectivity index (χ4n) is 3.67. The lowest BCUT2D eigenvalue weighted by Crippen LogP contribution is -2.37. The van der Waals surface area contributed by atoms with Gasteiger partial charge in [0.25, 0.3) is 5.91 Å². The summed E-state index contributed by atoms with van der Waals surface area (Å²) in [7, 11) is 0. The van der Waals surface area contributed by atoms with Crippen LogP contribution in [0.4, 0.5) is 5.69 Å². The van der Waals surface area contributed by atoms with Crippen molar-refractivity contribution in [1.29, 1.82) is 0 Å². The molecule has 2 aliphatic heterocycles. The molecule has 0 spiro atoms. The third-order valence-electron chi connectivity index (χ3n) is 4.91. The van der Waals surface area contributed by atoms with Gasteiger partial charge >= 0.3 is 0 Å². The zero-order chi connectivity index (χ0) is 19.3. The van der Waals surface area contributed by atoms with Crippen molar-refractivity contribution in [2.24, 2.45) is 5.92 Å². The zero-order valence-corrected chi connectivity index (χ0v) is 16.6. The Hall–Kier alpha value is -2.09. The van der Waals surface area contributed by atoms with Crippen LogP contribution in [-0.4, -0.2) is 34.5 Å². The van der Waals surface area contributed by atoms with E-state index in [0.29, 0.717) is 16.3 Å². The molecule has 8 heteroatoms. The van der Waals surface area contributed by atoms with Crippen LogP contribution in [0.5, 0.6) is 5.75 Å². The molecule has 0 radical (unpaired) electrons. The van der Waals surface area contributed by atoms with Gasteiger partial charge in [-0.05, 0) is 49.4 Å². The number of aromatic hydroxyl groups is 1. The first kappa shape index (κ1) is 18.3. The molecule has 2 saturated heterocycles. The average molecular weight is 452 g/mol. The van der Waals surface area contributed by atoms with Crippen LogP contribution in [0.15, 0.2) is 46.9 Å². The average Bonchev–Trinajstić information content (AvgIpc) is 3.14. The van der Waals surface area contributed by atoms with Crippen LogP contribution in [0, 0.1) is 5.92 Å². The van der Waals surface area contributed by atoms with E-state index in [2.05, 4.69) is 15.9 Å². The SMILES string of the molecule is CCN1C(=O)C2ON(c3ccc(Cl)cc3)C(c3cc(Br)ccc3O)C2C1=O. The normalized spacial score (nSPS) is 24.6. The number of imide groups is 1. The highest BCUT2D eigenvalue weighted by Gasteiger charge is 2.59. The van der Waals surface area contributed by atoms with Gasteiger partial charge in [-0.3, -0.25) is 19.3 Å². The number of carbonyl (C=O) groups excluding carboxylic acids is 2. The van der Waals surface area contributed by atoms with Crippen LogP contribution >= 0.6 is 27.5 Å². The number of likely N-dealkylation sites (tertiary alicyclic amines) is 1. The molecule has 3 atom stereocenters. The maximum Gasteiger partial charge on any atom is 0.261 e. The molecular formula is C19H16BrClN2O4. The molecule has 6 nitrogen and oxygen atoms in total. The van der Waals surface area contributed by atoms with Crippen LogP contribution in [0.1, 0.15) is 18.5 Å². The van der Waals surface area contributed by atoms with E-state index in [1.807, 2.05) is 0 Å². The highest BCUT2D eigenvalue weighted by molar-refractivity contribution is 9.10. The molecule has 2 aliphatic rings. The standard InChI is InChI=1S/C19H16BrClN2O4/c1-2-22-18(25)15-16(13-9-10(20)3-8-14(13)24)23(27-17(15)19(22)26)12-6-4-11(21)5-7-12/h3-9,15-17,24H,2H2,1H3. The number of amides is 2. The summed E-state index contributed by atoms with van der Waals surface area (Å²) in [6.45, 7) is 2.03. The Labute approximate surface area is 169 Å². The van der Waals surface area contributed by atoms with E-state index in [4.69, 9.17) is 16.4 Å². The Balaban J connectivity index is 1.85. The lowest BCUT2D eigenvalue weighted by molar-refractivity contribution is -0.142. The third-order valence-corrected chi connectivity index (χ3v) is 5.66. The molecule has 0 aliphatic carbocycles. The number of likely N-dealkylation sites (N-methyl/N-ethyl adjacent to an activating group) is 1. The van der Waals surface area contributed by atoms with E-state index in [9.17, 15) is 14.7 Å². The van der Waals surface area contributed by atoms with E-state index in [1.165, 1.54) is 9.96 Å². The molecule has 2 fully saturated rings. The second-order valence-corrected chi connectivity index (χ2v) is 7.77. The van der Waals surface area contributed by atoms with Gasteiger partial charge in [0.1, 0.15) is 11.7 Å². The molecule has 1 N–H and O–H groups in total. The van der Waals surface area contributed by atoms with Gasteiger partial charge in [0.15, 0.2) is 6.10 Å². The number of hydroxylamine groups is 1. The monoisotopic (exact) mass is 450 g/mol. The second kappa shape index (κ2) is 6.82. The van der Waals surface area contributed by atoms with Crippen LogP contribution < -0.4 is 5.06 Å². The molecular weight excluding hydrogens is 436 g/mol. The van der Waals surface area contributed by atoms with E-state index in [-0.39, 0.29) is 24.1 Å². The molecule has 2 aromatic carbocycles. The summed E-state index contributed by atoms with van der Waals surface area (Å²) in [6.07, 6.45) is -0.920. The summed E-state index contributed by atoms with van der Waals surface area (Å²) >= 11 is 9.38. The van der Waals surface area contributed by atoms with Crippen molar-refractivity contribution in [2.75, 3.05) is 11.6 Å². The summed E-state index contributed by atoms with van der Waals surface area (Å²) in [6, 6.07) is 11.2. The van der Waals surface area contributed by atoms with E-state index in [1.54, 1.807) is 49.4 Å². The molecule has 4 rings (SSSR count). The molecule has 2 amide bonds. The lowest BCUT2D eigenvalue weighted by Gasteiger charge is -2.29. The number of hydrogen-bond acceptors (Lipinski definition) is 5. The maximum absolute atomic E-state index is 12.9. The summed E-state index contributed by atoms with van der Waals surface area (Å²) in [5.74, 6) is -1.37. The topological polar surface area (TPSA) is 70.1 Å². The van der Waals surface area contributed by atoms with Gasteiger partial charge < -0.3 is 5.11 Å². The number of nitrogens with zero attached hydrogens (tertiary/aromatic N) is 2. The minimum absolute atomic E-state index is 0.0293. The van der Waals surface area contributed by atoms with Crippen molar-refractivity contribution >= 4 is 45.0 Å². The number of halogens is 2. The molecule has 3 unspecified atom stereocenters. The number of anilines is 1. The first-order valence-electron chi connectivity index (χ1n) is 8.47. The van der Waals surface area contributed by atoms with Crippen molar-refractivity contribution < 1.29 is 19.5 Å². The van der Waals surface area contributed by atoms with Crippen LogP contribution in [-0.2, 0) is 14.4 Å². The van der Waals surface area contributed by atoms with E-state index < -0.39 is 18.1 Å². The molecule has 2 heterocycles. The Morgan fingerprint density at radius 2 is 1.85 bits per heavy atom. The fraction of sp³-hybridized carbons (Fsp3) is 0.263. The number of rotatable bonds is 3. The highest BCUT2D eigenvalue weighted by Crippen LogP contribution is 2.49. The number of phenols is 1. The van der Waals surface area contributed by atoms with E-state index >= 15 is 0 Å². The number of carbonyl (C=O) groups is 2. The van der Waals surface area contributed by atoms with Crippen LogP contribution in [0.2, 0.25) is 5.02 Å². The van der Waals surface area contributed by atoms with Crippen molar-refractivity contribution in [2.45, 2.75) is 19.1 Å². The highest BCUT2D eigenvalue weighted by atomic mass is 79.9. The van der Waals surface area contributed by atoms with E-state index in [0.717, 1.165) is 4.47 Å². The third kappa shape index (κ3) is 2.90. The minimum Gasteiger partial charge on any atom is -0.508 e. The van der Waals surface area contributed by atoms with Gasteiger partial charge in [-0.15, -0.1) is 0 Å². The predicted octanol–water partition coefficient (Wildman–Crippen LogP) is 3.67. The largest absolute Gasteiger partial charge is 0.508 e. The molecule has 27 heavy (non-hydrogen) atoms. The summed E-state index contributed by atoms with van der Waals surface area (Å²) in [4.78, 5) is 32.7. The predicted molar refractivity (Wildman–Crippen MR) is 103 cm³/mol. The summed E-state index contributed by atoms with van der Waals surface area (Å²) < 4.78 is 0.749. The molecule has 2 aromatic rings. The Kier molecular flexibility index (Phi) is 4.61. The Bertz CT molecular complexity index is 920. The number of phenolic OH excluding ortho intramolecular Hbond substituents is 1. The molecule has 0 aromatic heterocycles. The first-order chi connectivity index (χ1) is 12.9. The smallest absolute Gasteiger partial charge is 0.261 e. The maximum atomic E-state index is 12.9. The zero-order valence-electron chi connectivity index (χ0n) is 14.3. The second-order valence-electron chi connectivity index (χ2n) is 6.42. The number of fused-ring (bicyclic) bond motifs is 1. The van der Waals surface area contributed by atoms with Gasteiger partial charge in [-0.25, -0.2) is 5.06 Å². The van der Waals surface area contributed by atoms with Gasteiger partial charge in [0.05, 0.1) is 11.7 Å². The van der Waals surface area contributed by atoms with Gasteiger partial charge in [0.2, 0.25) is 5.91 Å². The summed E-state index contributed by atoms with van der Waals surface area (Å²) in [5.41, 5.74) is 1.15.